The molecule has 0 aliphatic carbocycles. The van der Waals surface area contributed by atoms with Gasteiger partial charge in [-0.05, 0) is 49.1 Å². The van der Waals surface area contributed by atoms with Crippen LogP contribution < -0.4 is 5.32 Å². The SMILES string of the molecule is Cc1ccc(C(C)Nc2cccc(C(C)C)c2)c(O)c1. The number of rotatable bonds is 4. The predicted molar refractivity (Wildman–Crippen MR) is 85.4 cm³/mol. The zero-order valence-electron chi connectivity index (χ0n) is 12.6. The molecule has 0 radical (unpaired) electrons. The standard InChI is InChI=1S/C18H23NO/c1-12(2)15-6-5-7-16(11-15)19-14(4)17-9-8-13(3)10-18(17)20/h5-12,14,19-20H,1-4H3. The number of phenolic OH excluding ortho intramolecular Hbond substituents is 1. The number of anilines is 1. The summed E-state index contributed by atoms with van der Waals surface area (Å²) in [7, 11) is 0. The van der Waals surface area contributed by atoms with Crippen LogP contribution in [0.2, 0.25) is 0 Å². The minimum absolute atomic E-state index is 0.0676. The molecule has 0 saturated heterocycles. The van der Waals surface area contributed by atoms with Crippen molar-refractivity contribution in [2.24, 2.45) is 0 Å². The second-order valence-electron chi connectivity index (χ2n) is 5.71. The summed E-state index contributed by atoms with van der Waals surface area (Å²) in [6.45, 7) is 8.42. The van der Waals surface area contributed by atoms with E-state index in [4.69, 9.17) is 0 Å². The van der Waals surface area contributed by atoms with Crippen LogP contribution in [-0.4, -0.2) is 5.11 Å². The second kappa shape index (κ2) is 6.00. The maximum absolute atomic E-state index is 10.0. The van der Waals surface area contributed by atoms with Gasteiger partial charge in [0.25, 0.3) is 0 Å². The molecule has 2 aromatic rings. The molecule has 106 valence electrons. The molecule has 2 heteroatoms. The highest BCUT2D eigenvalue weighted by atomic mass is 16.3. The van der Waals surface area contributed by atoms with E-state index in [2.05, 4.69) is 50.4 Å². The molecule has 0 fully saturated rings. The van der Waals surface area contributed by atoms with Gasteiger partial charge in [-0.1, -0.05) is 38.1 Å². The Labute approximate surface area is 121 Å². The Morgan fingerprint density at radius 3 is 2.40 bits per heavy atom. The number of benzene rings is 2. The minimum Gasteiger partial charge on any atom is -0.508 e. The van der Waals surface area contributed by atoms with Crippen LogP contribution in [0.15, 0.2) is 42.5 Å². The van der Waals surface area contributed by atoms with E-state index in [0.717, 1.165) is 16.8 Å². The second-order valence-corrected chi connectivity index (χ2v) is 5.71. The molecule has 0 aromatic heterocycles. The first-order chi connectivity index (χ1) is 9.47. The van der Waals surface area contributed by atoms with Crippen LogP contribution in [0.4, 0.5) is 5.69 Å². The number of aryl methyl sites for hydroxylation is 1. The average molecular weight is 269 g/mol. The molecule has 1 unspecified atom stereocenters. The number of hydrogen-bond donors (Lipinski definition) is 2. The molecule has 0 spiro atoms. The van der Waals surface area contributed by atoms with Crippen molar-refractivity contribution in [1.82, 2.24) is 0 Å². The van der Waals surface area contributed by atoms with E-state index in [0.29, 0.717) is 11.7 Å². The highest BCUT2D eigenvalue weighted by Gasteiger charge is 2.10. The first kappa shape index (κ1) is 14.4. The summed E-state index contributed by atoms with van der Waals surface area (Å²) in [6, 6.07) is 14.3. The molecule has 0 aliphatic heterocycles. The van der Waals surface area contributed by atoms with E-state index in [1.165, 1.54) is 5.56 Å². The van der Waals surface area contributed by atoms with Gasteiger partial charge < -0.3 is 10.4 Å². The quantitative estimate of drug-likeness (QED) is 0.819. The topological polar surface area (TPSA) is 32.3 Å². The highest BCUT2D eigenvalue weighted by molar-refractivity contribution is 5.50. The first-order valence-electron chi connectivity index (χ1n) is 7.13. The van der Waals surface area contributed by atoms with Crippen LogP contribution in [0.25, 0.3) is 0 Å². The molecular formula is C18H23NO. The lowest BCUT2D eigenvalue weighted by Gasteiger charge is -2.18. The van der Waals surface area contributed by atoms with Crippen molar-refractivity contribution in [2.45, 2.75) is 39.7 Å². The molecule has 0 heterocycles. The highest BCUT2D eigenvalue weighted by Crippen LogP contribution is 2.28. The van der Waals surface area contributed by atoms with Crippen molar-refractivity contribution < 1.29 is 5.11 Å². The predicted octanol–water partition coefficient (Wildman–Crippen LogP) is 5.00. The van der Waals surface area contributed by atoms with E-state index in [-0.39, 0.29) is 6.04 Å². The van der Waals surface area contributed by atoms with Crippen LogP contribution in [-0.2, 0) is 0 Å². The molecule has 2 aromatic carbocycles. The molecule has 0 bridgehead atoms. The van der Waals surface area contributed by atoms with Gasteiger partial charge in [0.2, 0.25) is 0 Å². The molecular weight excluding hydrogens is 246 g/mol. The van der Waals surface area contributed by atoms with Gasteiger partial charge in [-0.15, -0.1) is 0 Å². The third kappa shape index (κ3) is 3.32. The minimum atomic E-state index is 0.0676. The van der Waals surface area contributed by atoms with E-state index < -0.39 is 0 Å². The molecule has 0 saturated carbocycles. The molecule has 0 amide bonds. The van der Waals surface area contributed by atoms with Crippen molar-refractivity contribution >= 4 is 5.69 Å². The lowest BCUT2D eigenvalue weighted by molar-refractivity contribution is 0.465. The number of phenols is 1. The fourth-order valence-corrected chi connectivity index (χ4v) is 2.34. The van der Waals surface area contributed by atoms with Crippen LogP contribution in [0, 0.1) is 6.92 Å². The molecule has 2 nitrogen and oxygen atoms in total. The first-order valence-corrected chi connectivity index (χ1v) is 7.13. The third-order valence-electron chi connectivity index (χ3n) is 3.59. The fourth-order valence-electron chi connectivity index (χ4n) is 2.34. The summed E-state index contributed by atoms with van der Waals surface area (Å²) in [5, 5.41) is 13.5. The van der Waals surface area contributed by atoms with Gasteiger partial charge >= 0.3 is 0 Å². The number of hydrogen-bond acceptors (Lipinski definition) is 2. The lowest BCUT2D eigenvalue weighted by atomic mass is 10.0. The van der Waals surface area contributed by atoms with Crippen molar-refractivity contribution in [2.75, 3.05) is 5.32 Å². The van der Waals surface area contributed by atoms with Gasteiger partial charge in [0.15, 0.2) is 0 Å². The van der Waals surface area contributed by atoms with Crippen molar-refractivity contribution in [3.8, 4) is 5.75 Å². The van der Waals surface area contributed by atoms with Crippen LogP contribution >= 0.6 is 0 Å². The Balaban J connectivity index is 2.19. The van der Waals surface area contributed by atoms with Gasteiger partial charge in [-0.3, -0.25) is 0 Å². The normalized spacial score (nSPS) is 12.4. The fraction of sp³-hybridized carbons (Fsp3) is 0.333. The van der Waals surface area contributed by atoms with Gasteiger partial charge in [-0.2, -0.15) is 0 Å². The van der Waals surface area contributed by atoms with Crippen molar-refractivity contribution in [3.63, 3.8) is 0 Å². The Morgan fingerprint density at radius 1 is 1.00 bits per heavy atom. The van der Waals surface area contributed by atoms with Crippen molar-refractivity contribution in [3.05, 3.63) is 59.2 Å². The van der Waals surface area contributed by atoms with E-state index >= 15 is 0 Å². The summed E-state index contributed by atoms with van der Waals surface area (Å²) in [5.74, 6) is 0.866. The molecule has 2 N–H and O–H groups in total. The van der Waals surface area contributed by atoms with Gasteiger partial charge in [0.1, 0.15) is 5.75 Å². The molecule has 20 heavy (non-hydrogen) atoms. The van der Waals surface area contributed by atoms with Crippen LogP contribution in [0.5, 0.6) is 5.75 Å². The maximum Gasteiger partial charge on any atom is 0.121 e. The Kier molecular flexibility index (Phi) is 4.33. The zero-order chi connectivity index (χ0) is 14.7. The van der Waals surface area contributed by atoms with E-state index in [1.54, 1.807) is 6.07 Å². The average Bonchev–Trinajstić information content (AvgIpc) is 2.38. The number of aromatic hydroxyl groups is 1. The summed E-state index contributed by atoms with van der Waals surface area (Å²) >= 11 is 0. The third-order valence-corrected chi connectivity index (χ3v) is 3.59. The largest absolute Gasteiger partial charge is 0.508 e. The molecule has 2 rings (SSSR count). The van der Waals surface area contributed by atoms with Crippen molar-refractivity contribution in [1.29, 1.82) is 0 Å². The van der Waals surface area contributed by atoms with E-state index in [9.17, 15) is 5.11 Å². The van der Waals surface area contributed by atoms with Gasteiger partial charge in [0.05, 0.1) is 6.04 Å². The van der Waals surface area contributed by atoms with Gasteiger partial charge in [-0.25, -0.2) is 0 Å². The Morgan fingerprint density at radius 2 is 1.75 bits per heavy atom. The zero-order valence-corrected chi connectivity index (χ0v) is 12.6. The van der Waals surface area contributed by atoms with Crippen LogP contribution in [0.1, 0.15) is 49.4 Å². The Bertz CT molecular complexity index is 590. The number of nitrogens with one attached hydrogen (secondary N) is 1. The summed E-state index contributed by atoms with van der Waals surface area (Å²) in [4.78, 5) is 0. The lowest BCUT2D eigenvalue weighted by Crippen LogP contribution is -2.07. The molecule has 1 atom stereocenters. The summed E-state index contributed by atoms with van der Waals surface area (Å²) in [6.07, 6.45) is 0. The Hall–Kier alpha value is -1.96. The maximum atomic E-state index is 10.0. The smallest absolute Gasteiger partial charge is 0.121 e. The van der Waals surface area contributed by atoms with Gasteiger partial charge in [0, 0.05) is 11.3 Å². The monoisotopic (exact) mass is 269 g/mol. The van der Waals surface area contributed by atoms with Crippen LogP contribution in [0.3, 0.4) is 0 Å². The molecule has 0 aliphatic rings. The summed E-state index contributed by atoms with van der Waals surface area (Å²) < 4.78 is 0. The van der Waals surface area contributed by atoms with E-state index in [1.807, 2.05) is 19.1 Å². The summed E-state index contributed by atoms with van der Waals surface area (Å²) in [5.41, 5.74) is 4.39.